The van der Waals surface area contributed by atoms with Crippen molar-refractivity contribution in [3.8, 4) is 5.75 Å². The minimum Gasteiger partial charge on any atom is -0.497 e. The highest BCUT2D eigenvalue weighted by molar-refractivity contribution is 5.94. The molecule has 21 heavy (non-hydrogen) atoms. The van der Waals surface area contributed by atoms with Gasteiger partial charge in [0.1, 0.15) is 5.75 Å². The van der Waals surface area contributed by atoms with E-state index in [0.717, 1.165) is 33.5 Å². The van der Waals surface area contributed by atoms with Crippen LogP contribution in [0.4, 0.5) is 5.69 Å². The van der Waals surface area contributed by atoms with E-state index in [1.165, 1.54) is 0 Å². The first kappa shape index (κ1) is 13.3. The Morgan fingerprint density at radius 2 is 1.86 bits per heavy atom. The van der Waals surface area contributed by atoms with E-state index in [4.69, 9.17) is 4.74 Å². The number of hydrogen-bond acceptors (Lipinski definition) is 3. The smallest absolute Gasteiger partial charge is 0.118 e. The van der Waals surface area contributed by atoms with Crippen molar-refractivity contribution in [2.45, 2.75) is 6.92 Å². The van der Waals surface area contributed by atoms with E-state index in [-0.39, 0.29) is 0 Å². The first-order chi connectivity index (χ1) is 10.3. The number of ether oxygens (including phenoxy) is 1. The third kappa shape index (κ3) is 2.77. The molecule has 0 aliphatic rings. The Morgan fingerprint density at radius 1 is 1.05 bits per heavy atom. The molecule has 3 rings (SSSR count). The number of aryl methyl sites for hydroxylation is 1. The third-order valence-corrected chi connectivity index (χ3v) is 3.42. The molecular formula is C18H16N2O. The van der Waals surface area contributed by atoms with Crippen molar-refractivity contribution in [2.24, 2.45) is 4.99 Å². The number of methoxy groups -OCH3 is 1. The lowest BCUT2D eigenvalue weighted by molar-refractivity contribution is 0.415. The molecule has 0 amide bonds. The number of fused-ring (bicyclic) bond motifs is 1. The van der Waals surface area contributed by atoms with Gasteiger partial charge in [-0.2, -0.15) is 0 Å². The van der Waals surface area contributed by atoms with Crippen LogP contribution < -0.4 is 4.74 Å². The molecule has 0 unspecified atom stereocenters. The average molecular weight is 276 g/mol. The Kier molecular flexibility index (Phi) is 3.65. The fraction of sp³-hybridized carbons (Fsp3) is 0.111. The standard InChI is InChI=1S/C18H16N2O/c1-13-5-10-17(16-4-3-11-19-18(13)16)20-12-14-6-8-15(21-2)9-7-14/h3-12H,1-2H3. The summed E-state index contributed by atoms with van der Waals surface area (Å²) >= 11 is 0. The SMILES string of the molecule is COc1ccc(C=Nc2ccc(C)c3ncccc23)cc1. The molecule has 0 radical (unpaired) electrons. The number of pyridine rings is 1. The van der Waals surface area contributed by atoms with Gasteiger partial charge in [-0.05, 0) is 60.5 Å². The maximum atomic E-state index is 5.15. The van der Waals surface area contributed by atoms with Gasteiger partial charge in [-0.25, -0.2) is 0 Å². The Labute approximate surface area is 123 Å². The zero-order valence-corrected chi connectivity index (χ0v) is 12.1. The zero-order chi connectivity index (χ0) is 14.7. The van der Waals surface area contributed by atoms with E-state index in [2.05, 4.69) is 29.0 Å². The van der Waals surface area contributed by atoms with Gasteiger partial charge in [0.25, 0.3) is 0 Å². The first-order valence-electron chi connectivity index (χ1n) is 6.80. The Bertz CT molecular complexity index is 792. The summed E-state index contributed by atoms with van der Waals surface area (Å²) in [5.74, 6) is 0.845. The summed E-state index contributed by atoms with van der Waals surface area (Å²) in [7, 11) is 1.66. The third-order valence-electron chi connectivity index (χ3n) is 3.42. The Morgan fingerprint density at radius 3 is 2.62 bits per heavy atom. The molecule has 2 aromatic carbocycles. The summed E-state index contributed by atoms with van der Waals surface area (Å²) in [4.78, 5) is 9.02. The van der Waals surface area contributed by atoms with Gasteiger partial charge in [0.15, 0.2) is 0 Å². The minimum atomic E-state index is 0.845. The first-order valence-corrected chi connectivity index (χ1v) is 6.80. The van der Waals surface area contributed by atoms with Crippen molar-refractivity contribution in [3.63, 3.8) is 0 Å². The molecular weight excluding hydrogens is 260 g/mol. The molecule has 3 aromatic rings. The van der Waals surface area contributed by atoms with Gasteiger partial charge in [-0.15, -0.1) is 0 Å². The van der Waals surface area contributed by atoms with Crippen LogP contribution in [0.1, 0.15) is 11.1 Å². The van der Waals surface area contributed by atoms with Crippen molar-refractivity contribution in [3.05, 3.63) is 65.9 Å². The summed E-state index contributed by atoms with van der Waals surface area (Å²) in [5, 5.41) is 1.07. The maximum Gasteiger partial charge on any atom is 0.118 e. The predicted octanol–water partition coefficient (Wildman–Crippen LogP) is 4.30. The molecule has 0 bridgehead atoms. The number of hydrogen-bond donors (Lipinski definition) is 0. The van der Waals surface area contributed by atoms with Crippen molar-refractivity contribution in [1.29, 1.82) is 0 Å². The van der Waals surface area contributed by atoms with Crippen LogP contribution in [-0.4, -0.2) is 18.3 Å². The van der Waals surface area contributed by atoms with Crippen molar-refractivity contribution < 1.29 is 4.74 Å². The highest BCUT2D eigenvalue weighted by Gasteiger charge is 2.02. The fourth-order valence-corrected chi connectivity index (χ4v) is 2.25. The molecule has 104 valence electrons. The molecule has 0 N–H and O–H groups in total. The van der Waals surface area contributed by atoms with E-state index in [9.17, 15) is 0 Å². The van der Waals surface area contributed by atoms with Crippen LogP contribution in [0.2, 0.25) is 0 Å². The molecule has 0 saturated heterocycles. The van der Waals surface area contributed by atoms with Crippen LogP contribution in [0.25, 0.3) is 10.9 Å². The van der Waals surface area contributed by atoms with Crippen molar-refractivity contribution in [2.75, 3.05) is 7.11 Å². The second-order valence-corrected chi connectivity index (χ2v) is 4.83. The number of benzene rings is 2. The number of aromatic nitrogens is 1. The van der Waals surface area contributed by atoms with Gasteiger partial charge in [-0.3, -0.25) is 9.98 Å². The molecule has 0 spiro atoms. The van der Waals surface area contributed by atoms with Gasteiger partial charge in [0.05, 0.1) is 18.3 Å². The van der Waals surface area contributed by atoms with Gasteiger partial charge >= 0.3 is 0 Å². The largest absolute Gasteiger partial charge is 0.497 e. The predicted molar refractivity (Wildman–Crippen MR) is 86.7 cm³/mol. The molecule has 1 heterocycles. The van der Waals surface area contributed by atoms with E-state index < -0.39 is 0 Å². The Balaban J connectivity index is 1.97. The molecule has 0 aliphatic heterocycles. The van der Waals surface area contributed by atoms with E-state index in [1.807, 2.05) is 48.8 Å². The average Bonchev–Trinajstić information content (AvgIpc) is 2.55. The molecule has 0 aliphatic carbocycles. The lowest BCUT2D eigenvalue weighted by Gasteiger charge is -2.04. The lowest BCUT2D eigenvalue weighted by atomic mass is 10.1. The summed E-state index contributed by atoms with van der Waals surface area (Å²) < 4.78 is 5.15. The maximum absolute atomic E-state index is 5.15. The molecule has 3 heteroatoms. The molecule has 0 fully saturated rings. The molecule has 3 nitrogen and oxygen atoms in total. The van der Waals surface area contributed by atoms with E-state index in [0.29, 0.717) is 0 Å². The van der Waals surface area contributed by atoms with Crippen LogP contribution in [0.3, 0.4) is 0 Å². The van der Waals surface area contributed by atoms with Crippen LogP contribution in [0.15, 0.2) is 59.7 Å². The van der Waals surface area contributed by atoms with Crippen LogP contribution in [0, 0.1) is 6.92 Å². The normalized spacial score (nSPS) is 11.1. The van der Waals surface area contributed by atoms with Gasteiger partial charge in [0, 0.05) is 17.8 Å². The van der Waals surface area contributed by atoms with Crippen LogP contribution in [0.5, 0.6) is 5.75 Å². The number of aliphatic imine (C=N–C) groups is 1. The highest BCUT2D eigenvalue weighted by atomic mass is 16.5. The highest BCUT2D eigenvalue weighted by Crippen LogP contribution is 2.26. The zero-order valence-electron chi connectivity index (χ0n) is 12.1. The number of rotatable bonds is 3. The summed E-state index contributed by atoms with van der Waals surface area (Å²) in [5.41, 5.74) is 4.13. The fourth-order valence-electron chi connectivity index (χ4n) is 2.25. The second kappa shape index (κ2) is 5.75. The summed E-state index contributed by atoms with van der Waals surface area (Å²) in [6, 6.07) is 15.9. The van der Waals surface area contributed by atoms with Crippen molar-refractivity contribution >= 4 is 22.8 Å². The van der Waals surface area contributed by atoms with Gasteiger partial charge in [-0.1, -0.05) is 6.07 Å². The van der Waals surface area contributed by atoms with Gasteiger partial charge in [0.2, 0.25) is 0 Å². The van der Waals surface area contributed by atoms with Gasteiger partial charge < -0.3 is 4.74 Å². The quantitative estimate of drug-likeness (QED) is 0.668. The minimum absolute atomic E-state index is 0.845. The number of nitrogens with zero attached hydrogens (tertiary/aromatic N) is 2. The van der Waals surface area contributed by atoms with Crippen LogP contribution >= 0.6 is 0 Å². The molecule has 1 aromatic heterocycles. The second-order valence-electron chi connectivity index (χ2n) is 4.83. The molecule has 0 atom stereocenters. The van der Waals surface area contributed by atoms with Crippen LogP contribution in [-0.2, 0) is 0 Å². The topological polar surface area (TPSA) is 34.5 Å². The lowest BCUT2D eigenvalue weighted by Crippen LogP contribution is -1.85. The Hall–Kier alpha value is -2.68. The summed E-state index contributed by atoms with van der Waals surface area (Å²) in [6.45, 7) is 2.06. The summed E-state index contributed by atoms with van der Waals surface area (Å²) in [6.07, 6.45) is 3.67. The van der Waals surface area contributed by atoms with Crippen molar-refractivity contribution in [1.82, 2.24) is 4.98 Å². The monoisotopic (exact) mass is 276 g/mol. The molecule has 0 saturated carbocycles. The van der Waals surface area contributed by atoms with E-state index in [1.54, 1.807) is 7.11 Å². The van der Waals surface area contributed by atoms with E-state index >= 15 is 0 Å².